The van der Waals surface area contributed by atoms with Gasteiger partial charge in [0.25, 0.3) is 0 Å². The lowest BCUT2D eigenvalue weighted by Gasteiger charge is -2.24. The van der Waals surface area contributed by atoms with Gasteiger partial charge < -0.3 is 15.4 Å². The molecule has 15 heavy (non-hydrogen) atoms. The van der Waals surface area contributed by atoms with Gasteiger partial charge in [0.05, 0.1) is 12.6 Å². The molecule has 1 atom stereocenters. The van der Waals surface area contributed by atoms with E-state index in [1.165, 1.54) is 0 Å². The number of nitrogens with one attached hydrogen (secondary N) is 2. The summed E-state index contributed by atoms with van der Waals surface area (Å²) in [5.74, 6) is 0. The van der Waals surface area contributed by atoms with Crippen molar-refractivity contribution in [2.24, 2.45) is 0 Å². The quantitative estimate of drug-likeness (QED) is 0.737. The van der Waals surface area contributed by atoms with Crippen molar-refractivity contribution in [3.63, 3.8) is 0 Å². The third-order valence-electron chi connectivity index (χ3n) is 1.83. The molecule has 0 spiro atoms. The lowest BCUT2D eigenvalue weighted by Crippen LogP contribution is -2.50. The van der Waals surface area contributed by atoms with E-state index in [9.17, 15) is 4.79 Å². The van der Waals surface area contributed by atoms with Gasteiger partial charge in [-0.2, -0.15) is 0 Å². The molecule has 0 aliphatic rings. The number of ether oxygens (including phenoxy) is 1. The molecule has 4 heteroatoms. The Balaban J connectivity index is 3.99. The predicted octanol–water partition coefficient (Wildman–Crippen LogP) is 1.90. The third kappa shape index (κ3) is 8.24. The minimum absolute atomic E-state index is 0.0994. The summed E-state index contributed by atoms with van der Waals surface area (Å²) in [5, 5.41) is 5.76. The van der Waals surface area contributed by atoms with Gasteiger partial charge in [0.15, 0.2) is 0 Å². The van der Waals surface area contributed by atoms with Crippen LogP contribution in [0, 0.1) is 0 Å². The monoisotopic (exact) mass is 216 g/mol. The molecule has 2 amide bonds. The number of hydrogen-bond acceptors (Lipinski definition) is 2. The van der Waals surface area contributed by atoms with Crippen molar-refractivity contribution >= 4 is 6.03 Å². The summed E-state index contributed by atoms with van der Waals surface area (Å²) in [6, 6.07) is -0.0275. The van der Waals surface area contributed by atoms with Gasteiger partial charge in [-0.15, -0.1) is 0 Å². The van der Waals surface area contributed by atoms with Gasteiger partial charge in [-0.05, 0) is 27.2 Å². The highest BCUT2D eigenvalue weighted by Crippen LogP contribution is 2.00. The van der Waals surface area contributed by atoms with Crippen molar-refractivity contribution in [2.45, 2.75) is 52.1 Å². The Hall–Kier alpha value is -0.770. The average Bonchev–Trinajstić information content (AvgIpc) is 2.00. The van der Waals surface area contributed by atoms with Crippen LogP contribution >= 0.6 is 0 Å². The first-order chi connectivity index (χ1) is 6.89. The van der Waals surface area contributed by atoms with Crippen LogP contribution < -0.4 is 10.6 Å². The van der Waals surface area contributed by atoms with Crippen molar-refractivity contribution in [1.29, 1.82) is 0 Å². The summed E-state index contributed by atoms with van der Waals surface area (Å²) in [4.78, 5) is 11.5. The van der Waals surface area contributed by atoms with Crippen LogP contribution in [0.25, 0.3) is 0 Å². The van der Waals surface area contributed by atoms with Crippen molar-refractivity contribution in [1.82, 2.24) is 10.6 Å². The Morgan fingerprint density at radius 2 is 2.00 bits per heavy atom. The van der Waals surface area contributed by atoms with Crippen molar-refractivity contribution in [3.05, 3.63) is 0 Å². The van der Waals surface area contributed by atoms with Gasteiger partial charge in [-0.3, -0.25) is 0 Å². The maximum absolute atomic E-state index is 11.5. The molecule has 2 N–H and O–H groups in total. The van der Waals surface area contributed by atoms with E-state index in [1.807, 2.05) is 20.8 Å². The number of rotatable bonds is 5. The van der Waals surface area contributed by atoms with Crippen LogP contribution in [0.1, 0.15) is 40.5 Å². The van der Waals surface area contributed by atoms with E-state index in [2.05, 4.69) is 17.6 Å². The van der Waals surface area contributed by atoms with Crippen molar-refractivity contribution in [2.75, 3.05) is 13.7 Å². The summed E-state index contributed by atoms with van der Waals surface area (Å²) >= 11 is 0. The lowest BCUT2D eigenvalue weighted by molar-refractivity contribution is 0.160. The predicted molar refractivity (Wildman–Crippen MR) is 62.0 cm³/mol. The van der Waals surface area contributed by atoms with E-state index in [0.717, 1.165) is 12.8 Å². The summed E-state index contributed by atoms with van der Waals surface area (Å²) in [6.45, 7) is 8.52. The number of carbonyl (C=O) groups is 1. The van der Waals surface area contributed by atoms with Gasteiger partial charge in [0.2, 0.25) is 0 Å². The van der Waals surface area contributed by atoms with Crippen LogP contribution in [-0.2, 0) is 4.74 Å². The summed E-state index contributed by atoms with van der Waals surface area (Å²) < 4.78 is 5.05. The molecule has 0 aromatic heterocycles. The van der Waals surface area contributed by atoms with E-state index in [4.69, 9.17) is 4.74 Å². The highest BCUT2D eigenvalue weighted by molar-refractivity contribution is 5.74. The molecular weight excluding hydrogens is 192 g/mol. The summed E-state index contributed by atoms with van der Waals surface area (Å²) in [5.41, 5.74) is -0.200. The van der Waals surface area contributed by atoms with Crippen LogP contribution in [0.2, 0.25) is 0 Å². The molecule has 1 unspecified atom stereocenters. The van der Waals surface area contributed by atoms with Crippen molar-refractivity contribution in [3.8, 4) is 0 Å². The Labute approximate surface area is 92.8 Å². The molecule has 4 nitrogen and oxygen atoms in total. The van der Waals surface area contributed by atoms with Crippen LogP contribution in [0.15, 0.2) is 0 Å². The highest BCUT2D eigenvalue weighted by Gasteiger charge is 2.16. The van der Waals surface area contributed by atoms with Gasteiger partial charge >= 0.3 is 6.03 Å². The standard InChI is InChI=1S/C11H24N2O2/c1-6-7-9(8-15-5)12-10(14)13-11(2,3)4/h9H,6-8H2,1-5H3,(H2,12,13,14). The molecule has 0 heterocycles. The van der Waals surface area contributed by atoms with Crippen molar-refractivity contribution < 1.29 is 9.53 Å². The maximum Gasteiger partial charge on any atom is 0.315 e. The number of carbonyl (C=O) groups excluding carboxylic acids is 1. The second-order valence-electron chi connectivity index (χ2n) is 4.79. The van der Waals surface area contributed by atoms with Gasteiger partial charge in [-0.1, -0.05) is 13.3 Å². The highest BCUT2D eigenvalue weighted by atomic mass is 16.5. The SMILES string of the molecule is CCCC(COC)NC(=O)NC(C)(C)C. The van der Waals surface area contributed by atoms with E-state index in [1.54, 1.807) is 7.11 Å². The number of hydrogen-bond donors (Lipinski definition) is 2. The van der Waals surface area contributed by atoms with Gasteiger partial charge in [0.1, 0.15) is 0 Å². The molecule has 0 fully saturated rings. The molecule has 0 rings (SSSR count). The number of urea groups is 1. The average molecular weight is 216 g/mol. The zero-order valence-electron chi connectivity index (χ0n) is 10.5. The second-order valence-corrected chi connectivity index (χ2v) is 4.79. The van der Waals surface area contributed by atoms with Gasteiger partial charge in [-0.25, -0.2) is 4.79 Å². The van der Waals surface area contributed by atoms with Gasteiger partial charge in [0, 0.05) is 12.6 Å². The zero-order valence-corrected chi connectivity index (χ0v) is 10.5. The topological polar surface area (TPSA) is 50.4 Å². The Kier molecular flexibility index (Phi) is 6.32. The molecule has 90 valence electrons. The molecule has 0 saturated heterocycles. The summed E-state index contributed by atoms with van der Waals surface area (Å²) in [6.07, 6.45) is 1.97. The van der Waals surface area contributed by atoms with Crippen LogP contribution in [-0.4, -0.2) is 31.3 Å². The van der Waals surface area contributed by atoms with E-state index in [0.29, 0.717) is 6.61 Å². The molecule has 0 bridgehead atoms. The Bertz CT molecular complexity index is 182. The molecule has 0 aromatic carbocycles. The Morgan fingerprint density at radius 1 is 1.40 bits per heavy atom. The second kappa shape index (κ2) is 6.67. The maximum atomic E-state index is 11.5. The number of methoxy groups -OCH3 is 1. The first kappa shape index (κ1) is 14.2. The molecule has 0 aliphatic heterocycles. The van der Waals surface area contributed by atoms with Crippen LogP contribution in [0.5, 0.6) is 0 Å². The Morgan fingerprint density at radius 3 is 2.40 bits per heavy atom. The van der Waals surface area contributed by atoms with Crippen LogP contribution in [0.4, 0.5) is 4.79 Å². The first-order valence-corrected chi connectivity index (χ1v) is 5.46. The summed E-state index contributed by atoms with van der Waals surface area (Å²) in [7, 11) is 1.64. The molecule has 0 aromatic rings. The molecular formula is C11H24N2O2. The largest absolute Gasteiger partial charge is 0.383 e. The first-order valence-electron chi connectivity index (χ1n) is 5.46. The fourth-order valence-corrected chi connectivity index (χ4v) is 1.31. The lowest BCUT2D eigenvalue weighted by atomic mass is 10.1. The zero-order chi connectivity index (χ0) is 11.9. The molecule has 0 radical (unpaired) electrons. The third-order valence-corrected chi connectivity index (χ3v) is 1.83. The van der Waals surface area contributed by atoms with E-state index in [-0.39, 0.29) is 17.6 Å². The minimum atomic E-state index is -0.200. The van der Waals surface area contributed by atoms with E-state index < -0.39 is 0 Å². The normalized spacial score (nSPS) is 13.4. The molecule has 0 saturated carbocycles. The fraction of sp³-hybridized carbons (Fsp3) is 0.909. The van der Waals surface area contributed by atoms with Crippen LogP contribution in [0.3, 0.4) is 0 Å². The minimum Gasteiger partial charge on any atom is -0.383 e. The van der Waals surface area contributed by atoms with E-state index >= 15 is 0 Å². The number of amides is 2. The smallest absolute Gasteiger partial charge is 0.315 e. The molecule has 0 aliphatic carbocycles. The fourth-order valence-electron chi connectivity index (χ4n) is 1.31.